The molecule has 1 unspecified atom stereocenters. The molecule has 3 nitrogen and oxygen atoms in total. The standard InChI is InChI=1S/C11H15Cl2NO2S/c1-11(2,17(3,15)16)10(13)6-8-4-5-14-7-9(8)12/h4-5,7,10H,6H2,1-3H3. The van der Waals surface area contributed by atoms with Gasteiger partial charge in [-0.15, -0.1) is 11.6 Å². The fourth-order valence-electron chi connectivity index (χ4n) is 1.24. The first kappa shape index (κ1) is 14.7. The fraction of sp³-hybridized carbons (Fsp3) is 0.545. The molecule has 0 saturated heterocycles. The molecule has 6 heteroatoms. The molecule has 1 aromatic heterocycles. The van der Waals surface area contributed by atoms with E-state index in [9.17, 15) is 8.42 Å². The Labute approximate surface area is 112 Å². The van der Waals surface area contributed by atoms with E-state index >= 15 is 0 Å². The predicted molar refractivity (Wildman–Crippen MR) is 71.5 cm³/mol. The molecular formula is C11H15Cl2NO2S. The van der Waals surface area contributed by atoms with Crippen LogP contribution in [0.3, 0.4) is 0 Å². The van der Waals surface area contributed by atoms with E-state index in [4.69, 9.17) is 23.2 Å². The highest BCUT2D eigenvalue weighted by molar-refractivity contribution is 7.92. The Hall–Kier alpha value is -0.320. The maximum atomic E-state index is 11.6. The lowest BCUT2D eigenvalue weighted by atomic mass is 10.0. The molecule has 0 fully saturated rings. The summed E-state index contributed by atoms with van der Waals surface area (Å²) in [4.78, 5) is 3.87. The minimum atomic E-state index is -3.23. The Morgan fingerprint density at radius 2 is 2.06 bits per heavy atom. The molecule has 0 saturated carbocycles. The van der Waals surface area contributed by atoms with E-state index in [2.05, 4.69) is 4.98 Å². The lowest BCUT2D eigenvalue weighted by Gasteiger charge is -2.28. The van der Waals surface area contributed by atoms with Crippen LogP contribution in [0.2, 0.25) is 5.02 Å². The van der Waals surface area contributed by atoms with Gasteiger partial charge >= 0.3 is 0 Å². The molecule has 1 aromatic rings. The summed E-state index contributed by atoms with van der Waals surface area (Å²) in [6, 6.07) is 1.75. The molecule has 0 aliphatic rings. The van der Waals surface area contributed by atoms with Gasteiger partial charge in [-0.25, -0.2) is 8.42 Å². The number of aromatic nitrogens is 1. The summed E-state index contributed by atoms with van der Waals surface area (Å²) < 4.78 is 22.3. The Kier molecular flexibility index (Phi) is 4.44. The zero-order chi connectivity index (χ0) is 13.3. The smallest absolute Gasteiger partial charge is 0.154 e. The summed E-state index contributed by atoms with van der Waals surface area (Å²) in [5.74, 6) is 0. The molecule has 0 bridgehead atoms. The number of sulfone groups is 1. The summed E-state index contributed by atoms with van der Waals surface area (Å²) in [7, 11) is -3.23. The maximum Gasteiger partial charge on any atom is 0.154 e. The van der Waals surface area contributed by atoms with Crippen molar-refractivity contribution < 1.29 is 8.42 Å². The molecule has 0 aliphatic carbocycles. The summed E-state index contributed by atoms with van der Waals surface area (Å²) in [6.07, 6.45) is 4.71. The molecule has 0 aromatic carbocycles. The molecule has 0 amide bonds. The van der Waals surface area contributed by atoms with Crippen LogP contribution in [0, 0.1) is 0 Å². The van der Waals surface area contributed by atoms with Crippen molar-refractivity contribution in [3.8, 4) is 0 Å². The van der Waals surface area contributed by atoms with Crippen molar-refractivity contribution in [1.82, 2.24) is 4.98 Å². The molecule has 0 spiro atoms. The number of nitrogens with zero attached hydrogens (tertiary/aromatic N) is 1. The lowest BCUT2D eigenvalue weighted by Crippen LogP contribution is -2.41. The molecular weight excluding hydrogens is 281 g/mol. The van der Waals surface area contributed by atoms with Crippen LogP contribution in [0.5, 0.6) is 0 Å². The number of hydrogen-bond donors (Lipinski definition) is 0. The van der Waals surface area contributed by atoms with Crippen molar-refractivity contribution in [3.05, 3.63) is 29.0 Å². The average Bonchev–Trinajstić information content (AvgIpc) is 2.19. The van der Waals surface area contributed by atoms with Gasteiger partial charge in [0.1, 0.15) is 0 Å². The first-order chi connectivity index (χ1) is 7.66. The van der Waals surface area contributed by atoms with Crippen LogP contribution >= 0.6 is 23.2 Å². The van der Waals surface area contributed by atoms with E-state index in [0.29, 0.717) is 11.4 Å². The highest BCUT2D eigenvalue weighted by atomic mass is 35.5. The first-order valence-electron chi connectivity index (χ1n) is 5.08. The number of rotatable bonds is 4. The molecule has 1 atom stereocenters. The van der Waals surface area contributed by atoms with Crippen LogP contribution in [0.15, 0.2) is 18.5 Å². The molecule has 96 valence electrons. The van der Waals surface area contributed by atoms with Gasteiger partial charge < -0.3 is 0 Å². The molecule has 0 aliphatic heterocycles. The van der Waals surface area contributed by atoms with Crippen LogP contribution < -0.4 is 0 Å². The third-order valence-electron chi connectivity index (χ3n) is 2.97. The minimum absolute atomic E-state index is 0.392. The average molecular weight is 296 g/mol. The third-order valence-corrected chi connectivity index (χ3v) is 6.33. The topological polar surface area (TPSA) is 47.0 Å². The molecule has 1 heterocycles. The van der Waals surface area contributed by atoms with E-state index in [1.54, 1.807) is 26.1 Å². The van der Waals surface area contributed by atoms with Crippen LogP contribution in [0.25, 0.3) is 0 Å². The van der Waals surface area contributed by atoms with E-state index in [-0.39, 0.29) is 0 Å². The van der Waals surface area contributed by atoms with Gasteiger partial charge in [-0.2, -0.15) is 0 Å². The van der Waals surface area contributed by atoms with Crippen molar-refractivity contribution in [2.24, 2.45) is 0 Å². The van der Waals surface area contributed by atoms with Crippen molar-refractivity contribution in [2.75, 3.05) is 6.26 Å². The summed E-state index contributed by atoms with van der Waals surface area (Å²) >= 11 is 12.2. The zero-order valence-electron chi connectivity index (χ0n) is 9.94. The largest absolute Gasteiger partial charge is 0.263 e. The predicted octanol–water partition coefficient (Wildman–Crippen LogP) is 2.71. The van der Waals surface area contributed by atoms with Gasteiger partial charge in [0.15, 0.2) is 9.84 Å². The molecule has 0 N–H and O–H groups in total. The van der Waals surface area contributed by atoms with E-state index in [1.807, 2.05) is 0 Å². The van der Waals surface area contributed by atoms with E-state index < -0.39 is 20.0 Å². The van der Waals surface area contributed by atoms with E-state index in [0.717, 1.165) is 5.56 Å². The van der Waals surface area contributed by atoms with Gasteiger partial charge in [0, 0.05) is 18.6 Å². The molecule has 0 radical (unpaired) electrons. The second kappa shape index (κ2) is 5.12. The SMILES string of the molecule is CC(C)(C(Cl)Cc1ccncc1Cl)S(C)(=O)=O. The third kappa shape index (κ3) is 3.33. The second-order valence-corrected chi connectivity index (χ2v) is 8.04. The van der Waals surface area contributed by atoms with Gasteiger partial charge in [0.05, 0.1) is 15.1 Å². The number of hydrogen-bond acceptors (Lipinski definition) is 3. The zero-order valence-corrected chi connectivity index (χ0v) is 12.3. The second-order valence-electron chi connectivity index (χ2n) is 4.51. The fourth-order valence-corrected chi connectivity index (χ4v) is 2.64. The van der Waals surface area contributed by atoms with Crippen LogP contribution in [-0.2, 0) is 16.3 Å². The van der Waals surface area contributed by atoms with Gasteiger partial charge in [0.25, 0.3) is 0 Å². The lowest BCUT2D eigenvalue weighted by molar-refractivity contribution is 0.536. The normalized spacial score (nSPS) is 14.6. The first-order valence-corrected chi connectivity index (χ1v) is 7.79. The highest BCUT2D eigenvalue weighted by Crippen LogP contribution is 2.29. The summed E-state index contributed by atoms with van der Waals surface area (Å²) in [5.41, 5.74) is 0.804. The number of halogens is 2. The quantitative estimate of drug-likeness (QED) is 0.803. The number of alkyl halides is 1. The Bertz CT molecular complexity index is 500. The summed E-state index contributed by atoms with van der Waals surface area (Å²) in [6.45, 7) is 3.24. The van der Waals surface area contributed by atoms with Crippen molar-refractivity contribution in [2.45, 2.75) is 30.4 Å². The van der Waals surface area contributed by atoms with Crippen molar-refractivity contribution in [1.29, 1.82) is 0 Å². The van der Waals surface area contributed by atoms with Gasteiger partial charge in [-0.3, -0.25) is 4.98 Å². The van der Waals surface area contributed by atoms with Crippen molar-refractivity contribution >= 4 is 33.0 Å². The van der Waals surface area contributed by atoms with E-state index in [1.165, 1.54) is 12.5 Å². The Morgan fingerprint density at radius 1 is 1.47 bits per heavy atom. The minimum Gasteiger partial charge on any atom is -0.263 e. The van der Waals surface area contributed by atoms with Gasteiger partial charge in [-0.05, 0) is 31.9 Å². The molecule has 17 heavy (non-hydrogen) atoms. The Morgan fingerprint density at radius 3 is 2.53 bits per heavy atom. The van der Waals surface area contributed by atoms with Crippen LogP contribution in [0.4, 0.5) is 0 Å². The summed E-state index contributed by atoms with van der Waals surface area (Å²) in [5, 5.41) is -0.0418. The van der Waals surface area contributed by atoms with Crippen molar-refractivity contribution in [3.63, 3.8) is 0 Å². The monoisotopic (exact) mass is 295 g/mol. The van der Waals surface area contributed by atoms with Crippen LogP contribution in [0.1, 0.15) is 19.4 Å². The van der Waals surface area contributed by atoms with Gasteiger partial charge in [0.2, 0.25) is 0 Å². The number of pyridine rings is 1. The highest BCUT2D eigenvalue weighted by Gasteiger charge is 2.38. The molecule has 1 rings (SSSR count). The Balaban J connectivity index is 2.95. The maximum absolute atomic E-state index is 11.6. The van der Waals surface area contributed by atoms with Gasteiger partial charge in [-0.1, -0.05) is 11.6 Å². The van der Waals surface area contributed by atoms with Crippen LogP contribution in [-0.4, -0.2) is 29.8 Å².